The van der Waals surface area contributed by atoms with Gasteiger partial charge in [0.1, 0.15) is 18.5 Å². The summed E-state index contributed by atoms with van der Waals surface area (Å²) in [5, 5.41) is 23.6. The van der Waals surface area contributed by atoms with Gasteiger partial charge >= 0.3 is 0 Å². The van der Waals surface area contributed by atoms with E-state index in [0.717, 1.165) is 18.4 Å². The van der Waals surface area contributed by atoms with E-state index in [4.69, 9.17) is 9.47 Å². The van der Waals surface area contributed by atoms with Crippen LogP contribution in [0.2, 0.25) is 0 Å². The molecule has 3 N–H and O–H groups in total. The second kappa shape index (κ2) is 10.4. The van der Waals surface area contributed by atoms with E-state index < -0.39 is 30.1 Å². The predicted molar refractivity (Wildman–Crippen MR) is 133 cm³/mol. The van der Waals surface area contributed by atoms with Gasteiger partial charge in [0.05, 0.1) is 25.7 Å². The lowest BCUT2D eigenvalue weighted by Crippen LogP contribution is -2.55. The number of amides is 2. The van der Waals surface area contributed by atoms with Crippen molar-refractivity contribution in [2.24, 2.45) is 5.92 Å². The molecule has 2 aromatic rings. The Hall–Kier alpha value is -3.69. The van der Waals surface area contributed by atoms with Crippen LogP contribution in [0.25, 0.3) is 0 Å². The molecule has 2 aromatic carbocycles. The summed E-state index contributed by atoms with van der Waals surface area (Å²) in [6.07, 6.45) is 1.87. The maximum atomic E-state index is 13.4. The van der Waals surface area contributed by atoms with Crippen LogP contribution < -0.4 is 14.8 Å². The van der Waals surface area contributed by atoms with Gasteiger partial charge in [-0.1, -0.05) is 30.3 Å². The first-order valence-corrected chi connectivity index (χ1v) is 12.4. The van der Waals surface area contributed by atoms with E-state index in [2.05, 4.69) is 5.32 Å². The molecule has 0 aromatic heterocycles. The van der Waals surface area contributed by atoms with Gasteiger partial charge in [0.25, 0.3) is 0 Å². The third-order valence-corrected chi connectivity index (χ3v) is 7.18. The molecule has 0 unspecified atom stereocenters. The van der Waals surface area contributed by atoms with E-state index in [1.807, 2.05) is 30.3 Å². The summed E-state index contributed by atoms with van der Waals surface area (Å²) >= 11 is 0. The van der Waals surface area contributed by atoms with Crippen molar-refractivity contribution in [2.45, 2.75) is 43.6 Å². The Morgan fingerprint density at radius 1 is 1.22 bits per heavy atom. The standard InChI is InChI=1S/C28H30N2O7/c1-36-22-12-17(15-32)11-19-23-20(27(34)29-9-10-31)13-21(24(33)26(23)37-25(19)22)30(28(35)18-7-8-18)14-16-5-3-2-4-6-16/h2-6,11-13,15,18,21,23-24,26,31,33H,7-10,14H2,1H3,(H,29,34)/t21-,23+,24+,26+/m1/s1. The molecule has 2 aliphatic carbocycles. The van der Waals surface area contributed by atoms with Crippen LogP contribution >= 0.6 is 0 Å². The molecule has 1 heterocycles. The molecule has 1 saturated carbocycles. The minimum atomic E-state index is -1.15. The van der Waals surface area contributed by atoms with Gasteiger partial charge in [-0.3, -0.25) is 14.4 Å². The number of nitrogens with zero attached hydrogens (tertiary/aromatic N) is 1. The van der Waals surface area contributed by atoms with Crippen molar-refractivity contribution < 1.29 is 34.1 Å². The molecule has 9 nitrogen and oxygen atoms in total. The van der Waals surface area contributed by atoms with Crippen molar-refractivity contribution in [2.75, 3.05) is 20.3 Å². The molecule has 0 spiro atoms. The highest BCUT2D eigenvalue weighted by molar-refractivity contribution is 5.96. The molecule has 5 rings (SSSR count). The van der Waals surface area contributed by atoms with Crippen LogP contribution in [0.1, 0.15) is 40.2 Å². The second-order valence-corrected chi connectivity index (χ2v) is 9.63. The Kier molecular flexibility index (Phi) is 6.99. The molecule has 3 aliphatic rings. The number of aldehydes is 1. The highest BCUT2D eigenvalue weighted by Crippen LogP contribution is 2.51. The number of aliphatic hydroxyl groups excluding tert-OH is 2. The van der Waals surface area contributed by atoms with E-state index in [-0.39, 0.29) is 31.5 Å². The highest BCUT2D eigenvalue weighted by atomic mass is 16.5. The zero-order valence-corrected chi connectivity index (χ0v) is 20.5. The monoisotopic (exact) mass is 506 g/mol. The Labute approximate surface area is 214 Å². The first-order chi connectivity index (χ1) is 18.0. The van der Waals surface area contributed by atoms with Crippen molar-refractivity contribution in [1.29, 1.82) is 0 Å². The number of carbonyl (C=O) groups is 3. The number of hydrogen-bond donors (Lipinski definition) is 3. The van der Waals surface area contributed by atoms with Crippen LogP contribution in [0, 0.1) is 5.92 Å². The number of hydrogen-bond acceptors (Lipinski definition) is 7. The van der Waals surface area contributed by atoms with E-state index in [0.29, 0.717) is 34.5 Å². The van der Waals surface area contributed by atoms with Crippen LogP contribution in [0.4, 0.5) is 0 Å². The number of ether oxygens (including phenoxy) is 2. The van der Waals surface area contributed by atoms with Crippen LogP contribution in [-0.2, 0) is 16.1 Å². The topological polar surface area (TPSA) is 125 Å². The van der Waals surface area contributed by atoms with Crippen LogP contribution in [0.15, 0.2) is 54.1 Å². The van der Waals surface area contributed by atoms with Crippen LogP contribution in [0.3, 0.4) is 0 Å². The largest absolute Gasteiger partial charge is 0.493 e. The number of benzene rings is 2. The number of nitrogens with one attached hydrogen (secondary N) is 1. The van der Waals surface area contributed by atoms with E-state index in [1.54, 1.807) is 23.1 Å². The Bertz CT molecular complexity index is 1220. The predicted octanol–water partition coefficient (Wildman–Crippen LogP) is 1.57. The fourth-order valence-corrected chi connectivity index (χ4v) is 5.23. The average molecular weight is 507 g/mol. The van der Waals surface area contributed by atoms with E-state index in [9.17, 15) is 24.6 Å². The van der Waals surface area contributed by atoms with Crippen molar-refractivity contribution in [1.82, 2.24) is 10.2 Å². The van der Waals surface area contributed by atoms with Crippen LogP contribution in [-0.4, -0.2) is 71.7 Å². The molecule has 194 valence electrons. The zero-order valence-electron chi connectivity index (χ0n) is 20.5. The molecular weight excluding hydrogens is 476 g/mol. The molecule has 2 amide bonds. The third kappa shape index (κ3) is 4.72. The molecule has 1 aliphatic heterocycles. The minimum Gasteiger partial charge on any atom is -0.493 e. The maximum absolute atomic E-state index is 13.4. The lowest BCUT2D eigenvalue weighted by Gasteiger charge is -2.41. The summed E-state index contributed by atoms with van der Waals surface area (Å²) in [6.45, 7) is 0.0689. The molecule has 37 heavy (non-hydrogen) atoms. The first kappa shape index (κ1) is 25.0. The summed E-state index contributed by atoms with van der Waals surface area (Å²) < 4.78 is 11.7. The van der Waals surface area contributed by atoms with Crippen molar-refractivity contribution >= 4 is 18.1 Å². The van der Waals surface area contributed by atoms with Gasteiger partial charge in [-0.05, 0) is 36.6 Å². The number of fused-ring (bicyclic) bond motifs is 3. The van der Waals surface area contributed by atoms with Crippen molar-refractivity contribution in [3.05, 3.63) is 70.8 Å². The SMILES string of the molecule is COc1cc(C=O)cc2c1O[C@@H]1[C@@H](O)[C@H](N(Cc3ccccc3)C(=O)C3CC3)C=C(C(=O)NCCO)[C@H]21. The third-order valence-electron chi connectivity index (χ3n) is 7.18. The molecule has 0 radical (unpaired) electrons. The van der Waals surface area contributed by atoms with Gasteiger partial charge in [0, 0.05) is 35.7 Å². The summed E-state index contributed by atoms with van der Waals surface area (Å²) in [5.41, 5.74) is 2.11. The Balaban J connectivity index is 1.59. The van der Waals surface area contributed by atoms with Gasteiger partial charge < -0.3 is 29.9 Å². The average Bonchev–Trinajstić information content (AvgIpc) is 3.70. The number of aliphatic hydroxyl groups is 2. The van der Waals surface area contributed by atoms with Crippen LogP contribution in [0.5, 0.6) is 11.5 Å². The lowest BCUT2D eigenvalue weighted by molar-refractivity contribution is -0.139. The number of methoxy groups -OCH3 is 1. The summed E-state index contributed by atoms with van der Waals surface area (Å²) in [4.78, 5) is 40.0. The van der Waals surface area contributed by atoms with Crippen molar-refractivity contribution in [3.63, 3.8) is 0 Å². The summed E-state index contributed by atoms with van der Waals surface area (Å²) in [5.74, 6) is -0.635. The maximum Gasteiger partial charge on any atom is 0.247 e. The summed E-state index contributed by atoms with van der Waals surface area (Å²) in [6, 6.07) is 11.8. The zero-order chi connectivity index (χ0) is 26.1. The van der Waals surface area contributed by atoms with Gasteiger partial charge in [-0.25, -0.2) is 0 Å². The molecule has 4 atom stereocenters. The number of rotatable bonds is 9. The molecule has 9 heteroatoms. The highest BCUT2D eigenvalue weighted by Gasteiger charge is 2.52. The lowest BCUT2D eigenvalue weighted by atomic mass is 9.77. The Morgan fingerprint density at radius 2 is 1.97 bits per heavy atom. The van der Waals surface area contributed by atoms with Gasteiger partial charge in [-0.2, -0.15) is 0 Å². The van der Waals surface area contributed by atoms with Gasteiger partial charge in [0.2, 0.25) is 11.8 Å². The molecule has 0 saturated heterocycles. The van der Waals surface area contributed by atoms with E-state index >= 15 is 0 Å². The fraction of sp³-hybridized carbons (Fsp3) is 0.393. The normalized spacial score (nSPS) is 23.7. The van der Waals surface area contributed by atoms with Gasteiger partial charge in [0.15, 0.2) is 11.5 Å². The molecule has 1 fully saturated rings. The molecular formula is C28H30N2O7. The smallest absolute Gasteiger partial charge is 0.247 e. The quantitative estimate of drug-likeness (QED) is 0.441. The fourth-order valence-electron chi connectivity index (χ4n) is 5.23. The number of carbonyl (C=O) groups excluding carboxylic acids is 3. The minimum absolute atomic E-state index is 0.0426. The second-order valence-electron chi connectivity index (χ2n) is 9.63. The van der Waals surface area contributed by atoms with E-state index in [1.165, 1.54) is 7.11 Å². The molecule has 0 bridgehead atoms. The first-order valence-electron chi connectivity index (χ1n) is 12.4. The summed E-state index contributed by atoms with van der Waals surface area (Å²) in [7, 11) is 1.45. The van der Waals surface area contributed by atoms with Gasteiger partial charge in [-0.15, -0.1) is 0 Å². The van der Waals surface area contributed by atoms with Crippen molar-refractivity contribution in [3.8, 4) is 11.5 Å². The Morgan fingerprint density at radius 3 is 2.62 bits per heavy atom.